The number of aryl methyl sites for hydroxylation is 1. The topological polar surface area (TPSA) is 64.4 Å². The number of benzene rings is 1. The van der Waals surface area contributed by atoms with Crippen molar-refractivity contribution in [1.82, 2.24) is 5.32 Å². The summed E-state index contributed by atoms with van der Waals surface area (Å²) in [6.07, 6.45) is 3.08. The number of amides is 1. The molecule has 1 amide bonds. The summed E-state index contributed by atoms with van der Waals surface area (Å²) in [5.74, 6) is 0.456. The molecule has 24 heavy (non-hydrogen) atoms. The molecule has 1 saturated heterocycles. The molecule has 0 aromatic heterocycles. The van der Waals surface area contributed by atoms with E-state index in [9.17, 15) is 4.79 Å². The Labute approximate surface area is 151 Å². The van der Waals surface area contributed by atoms with E-state index in [0.29, 0.717) is 12.5 Å². The lowest BCUT2D eigenvalue weighted by Crippen LogP contribution is -2.46. The van der Waals surface area contributed by atoms with Gasteiger partial charge < -0.3 is 15.8 Å². The molecule has 0 radical (unpaired) electrons. The van der Waals surface area contributed by atoms with Gasteiger partial charge >= 0.3 is 0 Å². The molecule has 0 saturated carbocycles. The summed E-state index contributed by atoms with van der Waals surface area (Å²) >= 11 is 0. The Kier molecular flexibility index (Phi) is 8.74. The van der Waals surface area contributed by atoms with Crippen molar-refractivity contribution in [2.24, 2.45) is 17.6 Å². The first-order valence-corrected chi connectivity index (χ1v) is 8.74. The van der Waals surface area contributed by atoms with Gasteiger partial charge in [0.2, 0.25) is 5.91 Å². The molecule has 1 heterocycles. The van der Waals surface area contributed by atoms with Crippen LogP contribution < -0.4 is 11.1 Å². The van der Waals surface area contributed by atoms with E-state index in [1.807, 2.05) is 6.92 Å². The Bertz CT molecular complexity index is 507. The molecule has 4 atom stereocenters. The summed E-state index contributed by atoms with van der Waals surface area (Å²) in [7, 11) is 0. The maximum Gasteiger partial charge on any atom is 0.237 e. The summed E-state index contributed by atoms with van der Waals surface area (Å²) in [5.41, 5.74) is 8.45. The van der Waals surface area contributed by atoms with E-state index in [1.165, 1.54) is 11.1 Å². The second-order valence-electron chi connectivity index (χ2n) is 6.76. The average molecular weight is 355 g/mol. The van der Waals surface area contributed by atoms with Crippen LogP contribution in [0.25, 0.3) is 0 Å². The van der Waals surface area contributed by atoms with Crippen LogP contribution in [-0.2, 0) is 9.53 Å². The van der Waals surface area contributed by atoms with Crippen molar-refractivity contribution in [2.75, 3.05) is 13.2 Å². The zero-order chi connectivity index (χ0) is 16.8. The second kappa shape index (κ2) is 10.0. The lowest BCUT2D eigenvalue weighted by atomic mass is 9.89. The molecule has 0 bridgehead atoms. The Morgan fingerprint density at radius 2 is 2.04 bits per heavy atom. The molecule has 5 heteroatoms. The Balaban J connectivity index is 0.00000288. The normalized spacial score (nSPS) is 23.0. The number of hydrogen-bond acceptors (Lipinski definition) is 3. The van der Waals surface area contributed by atoms with Crippen LogP contribution in [0.3, 0.4) is 0 Å². The molecule has 1 aromatic rings. The Hall–Kier alpha value is -1.10. The van der Waals surface area contributed by atoms with Crippen LogP contribution >= 0.6 is 12.4 Å². The first-order valence-electron chi connectivity index (χ1n) is 8.74. The zero-order valence-corrected chi connectivity index (χ0v) is 15.8. The summed E-state index contributed by atoms with van der Waals surface area (Å²) in [5, 5.41) is 3.03. The molecule has 1 aliphatic heterocycles. The minimum absolute atomic E-state index is 0. The Morgan fingerprint density at radius 3 is 2.67 bits per heavy atom. The quantitative estimate of drug-likeness (QED) is 0.823. The van der Waals surface area contributed by atoms with Crippen molar-refractivity contribution in [2.45, 2.75) is 52.2 Å². The van der Waals surface area contributed by atoms with Crippen molar-refractivity contribution >= 4 is 18.3 Å². The van der Waals surface area contributed by atoms with E-state index >= 15 is 0 Å². The molecule has 2 rings (SSSR count). The lowest BCUT2D eigenvalue weighted by molar-refractivity contribution is -0.124. The minimum atomic E-state index is -0.428. The van der Waals surface area contributed by atoms with E-state index in [-0.39, 0.29) is 30.3 Å². The first kappa shape index (κ1) is 20.9. The van der Waals surface area contributed by atoms with E-state index in [2.05, 4.69) is 43.4 Å². The fraction of sp³-hybridized carbons (Fsp3) is 0.632. The summed E-state index contributed by atoms with van der Waals surface area (Å²) in [6.45, 7) is 7.57. The minimum Gasteiger partial charge on any atom is -0.373 e. The van der Waals surface area contributed by atoms with Gasteiger partial charge in [0.15, 0.2) is 0 Å². The molecular weight excluding hydrogens is 324 g/mol. The van der Waals surface area contributed by atoms with Crippen LogP contribution in [0.15, 0.2) is 24.3 Å². The average Bonchev–Trinajstić information content (AvgIpc) is 2.59. The molecule has 1 fully saturated rings. The molecule has 4 nitrogen and oxygen atoms in total. The first-order chi connectivity index (χ1) is 11.0. The van der Waals surface area contributed by atoms with Crippen LogP contribution in [0.2, 0.25) is 0 Å². The predicted octanol–water partition coefficient (Wildman–Crippen LogP) is 3.37. The van der Waals surface area contributed by atoms with Crippen LogP contribution in [0, 0.1) is 18.8 Å². The van der Waals surface area contributed by atoms with Crippen LogP contribution in [0.5, 0.6) is 0 Å². The van der Waals surface area contributed by atoms with Gasteiger partial charge in [0, 0.05) is 19.1 Å². The van der Waals surface area contributed by atoms with Crippen LogP contribution in [-0.4, -0.2) is 25.1 Å². The second-order valence-corrected chi connectivity index (χ2v) is 6.76. The largest absolute Gasteiger partial charge is 0.373 e. The third-order valence-corrected chi connectivity index (χ3v) is 4.95. The van der Waals surface area contributed by atoms with Crippen molar-refractivity contribution in [1.29, 1.82) is 0 Å². The van der Waals surface area contributed by atoms with E-state index in [4.69, 9.17) is 10.5 Å². The van der Waals surface area contributed by atoms with Crippen LogP contribution in [0.4, 0.5) is 0 Å². The third-order valence-electron chi connectivity index (χ3n) is 4.95. The number of nitrogens with two attached hydrogens (primary N) is 1. The SMILES string of the molecule is CCC(C)C(N)C(=O)NCC1CCCOC1c1ccc(C)cc1.Cl. The van der Waals surface area contributed by atoms with Crippen molar-refractivity contribution in [3.8, 4) is 0 Å². The fourth-order valence-electron chi connectivity index (χ4n) is 3.04. The third kappa shape index (κ3) is 5.47. The van der Waals surface area contributed by atoms with Gasteiger partial charge in [-0.25, -0.2) is 0 Å². The number of carbonyl (C=O) groups excluding carboxylic acids is 1. The monoisotopic (exact) mass is 354 g/mol. The highest BCUT2D eigenvalue weighted by Crippen LogP contribution is 2.33. The van der Waals surface area contributed by atoms with Gasteiger partial charge in [-0.1, -0.05) is 50.1 Å². The molecular formula is C19H31ClN2O2. The van der Waals surface area contributed by atoms with Gasteiger partial charge in [0.05, 0.1) is 12.1 Å². The summed E-state index contributed by atoms with van der Waals surface area (Å²) < 4.78 is 6.00. The van der Waals surface area contributed by atoms with Crippen LogP contribution in [0.1, 0.15) is 50.3 Å². The molecule has 0 spiro atoms. The van der Waals surface area contributed by atoms with E-state index < -0.39 is 6.04 Å². The van der Waals surface area contributed by atoms with Gasteiger partial charge in [-0.05, 0) is 31.2 Å². The highest BCUT2D eigenvalue weighted by molar-refractivity contribution is 5.85. The van der Waals surface area contributed by atoms with Gasteiger partial charge in [-0.2, -0.15) is 0 Å². The molecule has 1 aromatic carbocycles. The molecule has 0 aliphatic carbocycles. The van der Waals surface area contributed by atoms with E-state index in [1.54, 1.807) is 0 Å². The van der Waals surface area contributed by atoms with Gasteiger partial charge in [0.1, 0.15) is 0 Å². The van der Waals surface area contributed by atoms with Gasteiger partial charge in [-0.3, -0.25) is 4.79 Å². The highest BCUT2D eigenvalue weighted by Gasteiger charge is 2.28. The van der Waals surface area contributed by atoms with Gasteiger partial charge in [-0.15, -0.1) is 12.4 Å². The number of ether oxygens (including phenoxy) is 1. The number of hydrogen-bond donors (Lipinski definition) is 2. The molecule has 136 valence electrons. The summed E-state index contributed by atoms with van der Waals surface area (Å²) in [6, 6.07) is 8.06. The lowest BCUT2D eigenvalue weighted by Gasteiger charge is -2.32. The maximum absolute atomic E-state index is 12.2. The van der Waals surface area contributed by atoms with Crippen molar-refractivity contribution < 1.29 is 9.53 Å². The Morgan fingerprint density at radius 1 is 1.38 bits per heavy atom. The molecule has 3 N–H and O–H groups in total. The number of nitrogens with one attached hydrogen (secondary N) is 1. The van der Waals surface area contributed by atoms with Crippen molar-refractivity contribution in [3.05, 3.63) is 35.4 Å². The number of rotatable bonds is 6. The van der Waals surface area contributed by atoms with E-state index in [0.717, 1.165) is 25.9 Å². The number of carbonyl (C=O) groups is 1. The number of halogens is 1. The zero-order valence-electron chi connectivity index (χ0n) is 15.0. The van der Waals surface area contributed by atoms with Gasteiger partial charge in [0.25, 0.3) is 0 Å². The maximum atomic E-state index is 12.2. The summed E-state index contributed by atoms with van der Waals surface area (Å²) in [4.78, 5) is 12.2. The predicted molar refractivity (Wildman–Crippen MR) is 100 cm³/mol. The smallest absolute Gasteiger partial charge is 0.237 e. The molecule has 1 aliphatic rings. The highest BCUT2D eigenvalue weighted by atomic mass is 35.5. The molecule has 4 unspecified atom stereocenters. The fourth-order valence-corrected chi connectivity index (χ4v) is 3.04. The van der Waals surface area contributed by atoms with Crippen molar-refractivity contribution in [3.63, 3.8) is 0 Å². The standard InChI is InChI=1S/C19H30N2O2.ClH/c1-4-14(3)17(20)19(22)21-12-16-6-5-11-23-18(16)15-9-7-13(2)8-10-15;/h7-10,14,16-18H,4-6,11-12,20H2,1-3H3,(H,21,22);1H.